The van der Waals surface area contributed by atoms with Crippen LogP contribution in [0, 0.1) is 0 Å². The van der Waals surface area contributed by atoms with Gasteiger partial charge in [-0.15, -0.1) is 0 Å². The van der Waals surface area contributed by atoms with Crippen molar-refractivity contribution in [2.75, 3.05) is 19.7 Å². The molecule has 7 heteroatoms. The molecule has 3 N–H and O–H groups in total. The molecule has 2 aliphatic rings. The molecule has 0 aromatic heterocycles. The summed E-state index contributed by atoms with van der Waals surface area (Å²) in [5, 5.41) is 0. The summed E-state index contributed by atoms with van der Waals surface area (Å²) in [6.07, 6.45) is 4.54. The minimum Gasteiger partial charge on any atom is -0.465 e. The lowest BCUT2D eigenvalue weighted by Crippen LogP contribution is -2.67. The molecule has 1 saturated heterocycles. The Morgan fingerprint density at radius 1 is 1.34 bits per heavy atom. The Morgan fingerprint density at radius 2 is 2.17 bits per heavy atom. The van der Waals surface area contributed by atoms with Crippen LogP contribution in [0.3, 0.4) is 0 Å². The highest BCUT2D eigenvalue weighted by atomic mass is 16.7. The van der Waals surface area contributed by atoms with E-state index in [1.807, 2.05) is 51.3 Å². The molecule has 3 rings (SSSR count). The Kier molecular flexibility index (Phi) is 6.79. The van der Waals surface area contributed by atoms with Crippen molar-refractivity contribution in [1.82, 2.24) is 4.90 Å². The molecule has 0 saturated carbocycles. The number of ether oxygens (including phenoxy) is 3. The van der Waals surface area contributed by atoms with Gasteiger partial charge < -0.3 is 19.9 Å². The molecule has 1 aromatic rings. The largest absolute Gasteiger partial charge is 0.465 e. The van der Waals surface area contributed by atoms with E-state index in [-0.39, 0.29) is 12.4 Å². The number of rotatable bonds is 5. The molecule has 0 spiro atoms. The summed E-state index contributed by atoms with van der Waals surface area (Å²) >= 11 is 0. The zero-order valence-corrected chi connectivity index (χ0v) is 17.6. The van der Waals surface area contributed by atoms with Gasteiger partial charge in [-0.25, -0.2) is 9.79 Å². The summed E-state index contributed by atoms with van der Waals surface area (Å²) in [5.74, 6) is 0.812. The first-order chi connectivity index (χ1) is 13.8. The maximum Gasteiger partial charge on any atom is 0.410 e. The minimum absolute atomic E-state index is 0.152. The zero-order valence-electron chi connectivity index (χ0n) is 17.6. The molecule has 29 heavy (non-hydrogen) atoms. The van der Waals surface area contributed by atoms with Gasteiger partial charge in [-0.05, 0) is 45.7 Å². The third-order valence-electron chi connectivity index (χ3n) is 4.67. The molecule has 0 aliphatic carbocycles. The summed E-state index contributed by atoms with van der Waals surface area (Å²) in [5.41, 5.74) is 8.25. The summed E-state index contributed by atoms with van der Waals surface area (Å²) in [6.45, 7) is 7.77. The first-order valence-corrected chi connectivity index (χ1v) is 10.2. The quantitative estimate of drug-likeness (QED) is 0.732. The lowest BCUT2D eigenvalue weighted by molar-refractivity contribution is -0.469. The maximum atomic E-state index is 12.2. The van der Waals surface area contributed by atoms with Crippen LogP contribution in [0.1, 0.15) is 45.6 Å². The van der Waals surface area contributed by atoms with E-state index in [0.717, 1.165) is 42.8 Å². The van der Waals surface area contributed by atoms with Gasteiger partial charge in [0.1, 0.15) is 11.4 Å². The number of benzene rings is 1. The predicted molar refractivity (Wildman–Crippen MR) is 110 cm³/mol. The van der Waals surface area contributed by atoms with E-state index in [1.165, 1.54) is 0 Å². The van der Waals surface area contributed by atoms with E-state index in [4.69, 9.17) is 19.9 Å². The average Bonchev–Trinajstić information content (AvgIpc) is 3.03. The highest BCUT2D eigenvalue weighted by molar-refractivity contribution is 5.80. The van der Waals surface area contributed by atoms with Crippen molar-refractivity contribution >= 4 is 12.3 Å². The smallest absolute Gasteiger partial charge is 0.410 e. The monoisotopic (exact) mass is 402 g/mol. The zero-order chi connectivity index (χ0) is 20.9. The third kappa shape index (κ3) is 6.49. The van der Waals surface area contributed by atoms with E-state index >= 15 is 0 Å². The molecule has 1 unspecified atom stereocenters. The molecule has 158 valence electrons. The molecule has 1 amide bonds. The Balaban J connectivity index is 1.52. The number of carbonyl (C=O) groups excluding carboxylic acids is 1. The second-order valence-corrected chi connectivity index (χ2v) is 8.47. The second kappa shape index (κ2) is 9.31. The highest BCUT2D eigenvalue weighted by Gasteiger charge is 2.28. The van der Waals surface area contributed by atoms with Gasteiger partial charge in [0.15, 0.2) is 19.0 Å². The Morgan fingerprint density at radius 3 is 2.90 bits per heavy atom. The van der Waals surface area contributed by atoms with Gasteiger partial charge in [0.25, 0.3) is 0 Å². The van der Waals surface area contributed by atoms with Crippen LogP contribution in [0.5, 0.6) is 5.75 Å². The average molecular weight is 403 g/mol. The molecule has 7 nitrogen and oxygen atoms in total. The van der Waals surface area contributed by atoms with Crippen LogP contribution in [0.4, 0.5) is 4.79 Å². The van der Waals surface area contributed by atoms with Gasteiger partial charge in [0, 0.05) is 17.7 Å². The van der Waals surface area contributed by atoms with E-state index in [9.17, 15) is 4.79 Å². The summed E-state index contributed by atoms with van der Waals surface area (Å²) in [4.78, 5) is 17.1. The maximum absolute atomic E-state index is 12.2. The number of carbonyl (C=O) groups is 1. The highest BCUT2D eigenvalue weighted by Crippen LogP contribution is 2.20. The molecule has 1 fully saturated rings. The molecule has 0 bridgehead atoms. The van der Waals surface area contributed by atoms with Crippen molar-refractivity contribution in [2.45, 2.75) is 58.5 Å². The molecule has 2 heterocycles. The Labute approximate surface area is 172 Å². The van der Waals surface area contributed by atoms with Crippen molar-refractivity contribution in [3.05, 3.63) is 41.1 Å². The van der Waals surface area contributed by atoms with Gasteiger partial charge in [0.05, 0.1) is 25.3 Å². The van der Waals surface area contributed by atoms with Crippen molar-refractivity contribution in [2.24, 2.45) is 5.73 Å². The first-order valence-electron chi connectivity index (χ1n) is 10.2. The second-order valence-electron chi connectivity index (χ2n) is 8.47. The fourth-order valence-corrected chi connectivity index (χ4v) is 3.24. The molecular formula is C22H32N3O4+. The lowest BCUT2D eigenvalue weighted by Gasteiger charge is -2.24. The summed E-state index contributed by atoms with van der Waals surface area (Å²) in [7, 11) is 0. The van der Waals surface area contributed by atoms with Gasteiger partial charge in [-0.1, -0.05) is 12.1 Å². The van der Waals surface area contributed by atoms with Gasteiger partial charge in [-0.3, -0.25) is 4.90 Å². The Hall–Kier alpha value is -2.54. The third-order valence-corrected chi connectivity index (χ3v) is 4.67. The van der Waals surface area contributed by atoms with E-state index in [2.05, 4.69) is 4.99 Å². The van der Waals surface area contributed by atoms with Crippen LogP contribution in [0.15, 0.2) is 35.5 Å². The predicted octanol–water partition coefficient (Wildman–Crippen LogP) is 1.71. The lowest BCUT2D eigenvalue weighted by atomic mass is 10.2. The number of amides is 1. The fourth-order valence-electron chi connectivity index (χ4n) is 3.24. The molecule has 1 atom stereocenters. The summed E-state index contributed by atoms with van der Waals surface area (Å²) < 4.78 is 17.0. The van der Waals surface area contributed by atoms with E-state index in [0.29, 0.717) is 25.3 Å². The summed E-state index contributed by atoms with van der Waals surface area (Å²) in [6, 6.07) is 7.97. The van der Waals surface area contributed by atoms with Crippen LogP contribution in [-0.2, 0) is 16.0 Å². The van der Waals surface area contributed by atoms with E-state index < -0.39 is 5.60 Å². The van der Waals surface area contributed by atoms with Crippen molar-refractivity contribution in [1.29, 1.82) is 0 Å². The van der Waals surface area contributed by atoms with Crippen LogP contribution < -0.4 is 15.5 Å². The SMILES string of the molecule is CC(C)(C)OC(=O)N1CC(N)=C(C=[NH+]Cc2cccc(OC3CCCCO3)c2)C1. The standard InChI is InChI=1S/C22H31N3O4/c1-22(2,3)29-21(26)25-14-17(19(23)15-25)13-24-12-16-7-6-8-18(11-16)28-20-9-4-5-10-27-20/h6-8,11,13,20H,4-5,9-10,12,14-15,23H2,1-3H3/p+1. The van der Waals surface area contributed by atoms with Gasteiger partial charge >= 0.3 is 6.09 Å². The van der Waals surface area contributed by atoms with Crippen molar-refractivity contribution < 1.29 is 24.0 Å². The van der Waals surface area contributed by atoms with Crippen molar-refractivity contribution in [3.63, 3.8) is 0 Å². The molecule has 2 aliphatic heterocycles. The van der Waals surface area contributed by atoms with Crippen molar-refractivity contribution in [3.8, 4) is 5.75 Å². The van der Waals surface area contributed by atoms with E-state index in [1.54, 1.807) is 4.90 Å². The molecule has 1 aromatic carbocycles. The number of nitrogens with one attached hydrogen (secondary N) is 1. The number of nitrogens with two attached hydrogens (primary N) is 1. The number of hydrogen-bond acceptors (Lipinski definition) is 5. The molecular weight excluding hydrogens is 370 g/mol. The minimum atomic E-state index is -0.522. The van der Waals surface area contributed by atoms with Crippen LogP contribution in [0.25, 0.3) is 0 Å². The topological polar surface area (TPSA) is 88.0 Å². The normalized spacial score (nSPS) is 20.4. The number of nitrogens with zero attached hydrogens (tertiary/aromatic N) is 1. The Bertz CT molecular complexity index is 777. The van der Waals surface area contributed by atoms with Crippen LogP contribution >= 0.6 is 0 Å². The van der Waals surface area contributed by atoms with Crippen LogP contribution in [0.2, 0.25) is 0 Å². The first kappa shape index (κ1) is 21.2. The van der Waals surface area contributed by atoms with Crippen LogP contribution in [-0.4, -0.2) is 48.8 Å². The number of hydrogen-bond donors (Lipinski definition) is 2. The molecule has 0 radical (unpaired) electrons. The van der Waals surface area contributed by atoms with Gasteiger partial charge in [0.2, 0.25) is 0 Å². The van der Waals surface area contributed by atoms with Gasteiger partial charge in [-0.2, -0.15) is 0 Å². The fraction of sp³-hybridized carbons (Fsp3) is 0.545.